The minimum absolute atomic E-state index is 0.110. The van der Waals surface area contributed by atoms with Crippen molar-refractivity contribution < 1.29 is 13.9 Å². The molecule has 0 aliphatic heterocycles. The highest BCUT2D eigenvalue weighted by Gasteiger charge is 2.27. The largest absolute Gasteiger partial charge is 0.496 e. The van der Waals surface area contributed by atoms with E-state index in [1.165, 1.54) is 13.2 Å². The molecule has 0 atom stereocenters. The number of methoxy groups -OCH3 is 2. The van der Waals surface area contributed by atoms with Crippen molar-refractivity contribution in [3.63, 3.8) is 0 Å². The Bertz CT molecular complexity index is 674. The maximum absolute atomic E-state index is 13.6. The van der Waals surface area contributed by atoms with E-state index in [9.17, 15) is 4.39 Å². The predicted octanol–water partition coefficient (Wildman–Crippen LogP) is 4.45. The van der Waals surface area contributed by atoms with Gasteiger partial charge in [-0.05, 0) is 26.0 Å². The lowest BCUT2D eigenvalue weighted by molar-refractivity contribution is 0.400. The van der Waals surface area contributed by atoms with E-state index in [-0.39, 0.29) is 10.4 Å². The molecule has 0 saturated heterocycles. The van der Waals surface area contributed by atoms with Crippen LogP contribution in [0.3, 0.4) is 0 Å². The molecule has 0 bridgehead atoms. The molecule has 0 spiro atoms. The van der Waals surface area contributed by atoms with Gasteiger partial charge in [0.05, 0.1) is 24.8 Å². The molecule has 3 nitrogen and oxygen atoms in total. The van der Waals surface area contributed by atoms with Gasteiger partial charge >= 0.3 is 0 Å². The first-order valence-electron chi connectivity index (χ1n) is 6.84. The number of hydrogen-bond donors (Lipinski definition) is 1. The Hall–Kier alpha value is -1.88. The van der Waals surface area contributed by atoms with Crippen molar-refractivity contribution in [2.45, 2.75) is 23.5 Å². The lowest BCUT2D eigenvalue weighted by atomic mass is 10.0. The topological polar surface area (TPSA) is 44.5 Å². The zero-order valence-corrected chi connectivity index (χ0v) is 14.0. The number of benzene rings is 2. The fraction of sp³-hybridized carbons (Fsp3) is 0.294. The van der Waals surface area contributed by atoms with Crippen LogP contribution in [0.2, 0.25) is 0 Å². The van der Waals surface area contributed by atoms with Crippen LogP contribution < -0.4 is 15.2 Å². The zero-order valence-electron chi connectivity index (χ0n) is 13.1. The van der Waals surface area contributed by atoms with Gasteiger partial charge in [-0.3, -0.25) is 0 Å². The van der Waals surface area contributed by atoms with Crippen LogP contribution in [0.15, 0.2) is 41.3 Å². The molecule has 0 saturated carbocycles. The van der Waals surface area contributed by atoms with Crippen LogP contribution in [0.5, 0.6) is 11.5 Å². The summed E-state index contributed by atoms with van der Waals surface area (Å²) in [6.45, 7) is 4.16. The fourth-order valence-electron chi connectivity index (χ4n) is 2.26. The fourth-order valence-corrected chi connectivity index (χ4v) is 3.52. The highest BCUT2D eigenvalue weighted by Crippen LogP contribution is 2.47. The summed E-state index contributed by atoms with van der Waals surface area (Å²) >= 11 is 1.55. The summed E-state index contributed by atoms with van der Waals surface area (Å²) < 4.78 is 24.0. The van der Waals surface area contributed by atoms with E-state index in [1.54, 1.807) is 24.9 Å². The van der Waals surface area contributed by atoms with Crippen LogP contribution >= 0.6 is 11.8 Å². The van der Waals surface area contributed by atoms with Crippen molar-refractivity contribution in [2.24, 2.45) is 0 Å². The molecule has 2 rings (SSSR count). The summed E-state index contributed by atoms with van der Waals surface area (Å²) in [4.78, 5) is 0.789. The molecule has 2 N–H and O–H groups in total. The van der Waals surface area contributed by atoms with E-state index in [4.69, 9.17) is 15.2 Å². The van der Waals surface area contributed by atoms with E-state index >= 15 is 0 Å². The summed E-state index contributed by atoms with van der Waals surface area (Å²) in [6.07, 6.45) is 0. The monoisotopic (exact) mass is 321 g/mol. The smallest absolute Gasteiger partial charge is 0.149 e. The van der Waals surface area contributed by atoms with Gasteiger partial charge in [-0.25, -0.2) is 4.39 Å². The van der Waals surface area contributed by atoms with E-state index in [0.29, 0.717) is 5.75 Å². The number of para-hydroxylation sites is 1. The number of nitrogens with two attached hydrogens (primary N) is 1. The van der Waals surface area contributed by atoms with Crippen LogP contribution in [0.4, 0.5) is 10.1 Å². The molecule has 118 valence electrons. The highest BCUT2D eigenvalue weighted by molar-refractivity contribution is 8.00. The van der Waals surface area contributed by atoms with Gasteiger partial charge in [-0.1, -0.05) is 18.2 Å². The van der Waals surface area contributed by atoms with Gasteiger partial charge in [0.15, 0.2) is 0 Å². The summed E-state index contributed by atoms with van der Waals surface area (Å²) in [5, 5.41) is 0. The third-order valence-corrected chi connectivity index (χ3v) is 4.67. The minimum Gasteiger partial charge on any atom is -0.496 e. The number of rotatable bonds is 5. The maximum atomic E-state index is 13.6. The Kier molecular flexibility index (Phi) is 4.86. The molecular formula is C17H20FNO2S. The van der Waals surface area contributed by atoms with Crippen molar-refractivity contribution in [2.75, 3.05) is 20.0 Å². The number of anilines is 1. The van der Waals surface area contributed by atoms with Crippen molar-refractivity contribution in [3.05, 3.63) is 47.8 Å². The van der Waals surface area contributed by atoms with E-state index in [1.807, 2.05) is 24.3 Å². The molecular weight excluding hydrogens is 301 g/mol. The molecule has 2 aromatic rings. The number of nitrogen functional groups attached to an aromatic ring is 1. The van der Waals surface area contributed by atoms with Gasteiger partial charge in [0.25, 0.3) is 0 Å². The van der Waals surface area contributed by atoms with Gasteiger partial charge in [-0.15, -0.1) is 11.8 Å². The molecule has 22 heavy (non-hydrogen) atoms. The van der Waals surface area contributed by atoms with E-state index in [0.717, 1.165) is 16.2 Å². The average molecular weight is 321 g/mol. The van der Waals surface area contributed by atoms with Gasteiger partial charge in [0.2, 0.25) is 0 Å². The summed E-state index contributed by atoms with van der Waals surface area (Å²) in [6, 6.07) is 10.8. The third kappa shape index (κ3) is 3.30. The third-order valence-electron chi connectivity index (χ3n) is 3.40. The molecule has 2 aromatic carbocycles. The molecule has 0 heterocycles. The SMILES string of the molecule is COc1cc(F)c(N)cc1SC(C)(C)c1ccccc1OC. The van der Waals surface area contributed by atoms with Gasteiger partial charge < -0.3 is 15.2 Å². The lowest BCUT2D eigenvalue weighted by Gasteiger charge is -2.27. The zero-order chi connectivity index (χ0) is 16.3. The molecule has 0 aliphatic rings. The molecule has 0 aliphatic carbocycles. The minimum atomic E-state index is -0.476. The Morgan fingerprint density at radius 2 is 1.68 bits per heavy atom. The first-order chi connectivity index (χ1) is 10.4. The number of ether oxygens (including phenoxy) is 2. The quantitative estimate of drug-likeness (QED) is 0.652. The predicted molar refractivity (Wildman–Crippen MR) is 89.2 cm³/mol. The number of thioether (sulfide) groups is 1. The van der Waals surface area contributed by atoms with E-state index in [2.05, 4.69) is 13.8 Å². The van der Waals surface area contributed by atoms with Crippen molar-refractivity contribution in [3.8, 4) is 11.5 Å². The average Bonchev–Trinajstić information content (AvgIpc) is 2.50. The molecule has 0 unspecified atom stereocenters. The van der Waals surface area contributed by atoms with Crippen molar-refractivity contribution in [1.82, 2.24) is 0 Å². The highest BCUT2D eigenvalue weighted by atomic mass is 32.2. The summed E-state index contributed by atoms with van der Waals surface area (Å²) in [7, 11) is 3.17. The Labute approximate surface area is 134 Å². The summed E-state index contributed by atoms with van der Waals surface area (Å²) in [5.41, 5.74) is 6.85. The molecule has 0 amide bonds. The van der Waals surface area contributed by atoms with Crippen LogP contribution in [-0.4, -0.2) is 14.2 Å². The van der Waals surface area contributed by atoms with Crippen molar-refractivity contribution >= 4 is 17.4 Å². The number of hydrogen-bond acceptors (Lipinski definition) is 4. The lowest BCUT2D eigenvalue weighted by Crippen LogP contribution is -2.13. The first-order valence-corrected chi connectivity index (χ1v) is 7.66. The van der Waals surface area contributed by atoms with Gasteiger partial charge in [-0.2, -0.15) is 0 Å². The van der Waals surface area contributed by atoms with Gasteiger partial charge in [0.1, 0.15) is 17.3 Å². The van der Waals surface area contributed by atoms with E-state index < -0.39 is 5.82 Å². The molecule has 5 heteroatoms. The Morgan fingerprint density at radius 3 is 2.32 bits per heavy atom. The normalized spacial score (nSPS) is 11.3. The molecule has 0 aromatic heterocycles. The standard InChI is InChI=1S/C17H20FNO2S/c1-17(2,11-7-5-6-8-14(11)20-3)22-16-10-13(19)12(18)9-15(16)21-4/h5-10H,19H2,1-4H3. The molecule has 0 radical (unpaired) electrons. The number of halogens is 1. The second-order valence-corrected chi connectivity index (χ2v) is 7.00. The van der Waals surface area contributed by atoms with Crippen LogP contribution in [0, 0.1) is 5.82 Å². The van der Waals surface area contributed by atoms with Crippen LogP contribution in [0.1, 0.15) is 19.4 Å². The van der Waals surface area contributed by atoms with Gasteiger partial charge in [0, 0.05) is 16.4 Å². The second-order valence-electron chi connectivity index (χ2n) is 5.34. The Balaban J connectivity index is 2.42. The summed E-state index contributed by atoms with van der Waals surface area (Å²) in [5.74, 6) is 0.810. The van der Waals surface area contributed by atoms with Crippen molar-refractivity contribution in [1.29, 1.82) is 0 Å². The Morgan fingerprint density at radius 1 is 1.05 bits per heavy atom. The van der Waals surface area contributed by atoms with Crippen LogP contribution in [0.25, 0.3) is 0 Å². The van der Waals surface area contributed by atoms with Crippen LogP contribution in [-0.2, 0) is 4.75 Å². The molecule has 0 fully saturated rings. The maximum Gasteiger partial charge on any atom is 0.149 e. The second kappa shape index (κ2) is 6.48. The first kappa shape index (κ1) is 16.5.